The van der Waals surface area contributed by atoms with E-state index in [9.17, 15) is 4.79 Å². The van der Waals surface area contributed by atoms with Crippen molar-refractivity contribution in [2.24, 2.45) is 7.05 Å². The van der Waals surface area contributed by atoms with Gasteiger partial charge in [-0.3, -0.25) is 0 Å². The van der Waals surface area contributed by atoms with Crippen molar-refractivity contribution in [3.63, 3.8) is 0 Å². The van der Waals surface area contributed by atoms with E-state index in [1.165, 1.54) is 17.1 Å². The Bertz CT molecular complexity index is 836. The summed E-state index contributed by atoms with van der Waals surface area (Å²) in [6.45, 7) is 2.06. The number of esters is 1. The van der Waals surface area contributed by atoms with Crippen molar-refractivity contribution in [1.29, 1.82) is 0 Å². The van der Waals surface area contributed by atoms with Gasteiger partial charge in [0.05, 0.1) is 31.0 Å². The lowest BCUT2D eigenvalue weighted by Gasteiger charge is -2.06. The highest BCUT2D eigenvalue weighted by Crippen LogP contribution is 2.23. The number of fused-ring (bicyclic) bond motifs is 1. The fourth-order valence-electron chi connectivity index (χ4n) is 2.14. The van der Waals surface area contributed by atoms with Gasteiger partial charge in [0.25, 0.3) is 5.95 Å². The van der Waals surface area contributed by atoms with Crippen molar-refractivity contribution < 1.29 is 14.3 Å². The quantitative estimate of drug-likeness (QED) is 0.676. The molecule has 3 aromatic heterocycles. The summed E-state index contributed by atoms with van der Waals surface area (Å²) in [4.78, 5) is 20.4. The van der Waals surface area contributed by atoms with Crippen molar-refractivity contribution in [2.75, 3.05) is 13.7 Å². The van der Waals surface area contributed by atoms with Gasteiger partial charge in [0.15, 0.2) is 0 Å². The lowest BCUT2D eigenvalue weighted by atomic mass is 10.4. The van der Waals surface area contributed by atoms with Crippen LogP contribution in [0.25, 0.3) is 17.0 Å². The molecule has 0 saturated carbocycles. The summed E-state index contributed by atoms with van der Waals surface area (Å²) < 4.78 is 13.5. The van der Waals surface area contributed by atoms with E-state index in [-0.39, 0.29) is 0 Å². The highest BCUT2D eigenvalue weighted by Gasteiger charge is 2.15. The van der Waals surface area contributed by atoms with Gasteiger partial charge in [0, 0.05) is 19.4 Å². The molecule has 3 aromatic rings. The molecule has 0 saturated heterocycles. The minimum absolute atomic E-state index is 0.310. The summed E-state index contributed by atoms with van der Waals surface area (Å²) in [6.07, 6.45) is 4.82. The minimum Gasteiger partial charge on any atom is -0.479 e. The molecule has 0 aliphatic heterocycles. The molecule has 0 unspecified atom stereocenters. The third-order valence-corrected chi connectivity index (χ3v) is 3.17. The summed E-state index contributed by atoms with van der Waals surface area (Å²) in [6, 6.07) is 1.86. The first-order valence-corrected chi connectivity index (χ1v) is 6.73. The van der Waals surface area contributed by atoms with Gasteiger partial charge in [-0.2, -0.15) is 10.1 Å². The molecule has 22 heavy (non-hydrogen) atoms. The van der Waals surface area contributed by atoms with Crippen molar-refractivity contribution in [3.8, 4) is 11.8 Å². The SMILES string of the molecule is CCOC(=O)c1cnn(-c2nc(OC)c3c(ccn3C)n2)c1. The van der Waals surface area contributed by atoms with Gasteiger partial charge in [-0.05, 0) is 13.0 Å². The first kappa shape index (κ1) is 14.1. The number of aromatic nitrogens is 5. The average Bonchev–Trinajstić information content (AvgIpc) is 3.14. The maximum atomic E-state index is 11.7. The van der Waals surface area contributed by atoms with Gasteiger partial charge in [-0.15, -0.1) is 0 Å². The largest absolute Gasteiger partial charge is 0.479 e. The first-order chi connectivity index (χ1) is 10.6. The van der Waals surface area contributed by atoms with E-state index in [2.05, 4.69) is 15.1 Å². The van der Waals surface area contributed by atoms with Crippen LogP contribution in [-0.2, 0) is 11.8 Å². The van der Waals surface area contributed by atoms with Crippen molar-refractivity contribution >= 4 is 17.0 Å². The van der Waals surface area contributed by atoms with Gasteiger partial charge < -0.3 is 14.0 Å². The zero-order valence-electron chi connectivity index (χ0n) is 12.5. The number of methoxy groups -OCH3 is 1. The van der Waals surface area contributed by atoms with Crippen LogP contribution in [0.15, 0.2) is 24.7 Å². The van der Waals surface area contributed by atoms with E-state index in [1.54, 1.807) is 14.0 Å². The first-order valence-electron chi connectivity index (χ1n) is 6.73. The van der Waals surface area contributed by atoms with Crippen LogP contribution in [0.1, 0.15) is 17.3 Å². The number of rotatable bonds is 4. The smallest absolute Gasteiger partial charge is 0.341 e. The Morgan fingerprint density at radius 3 is 2.91 bits per heavy atom. The number of aryl methyl sites for hydroxylation is 1. The van der Waals surface area contributed by atoms with Crippen LogP contribution in [0, 0.1) is 0 Å². The molecule has 0 atom stereocenters. The topological polar surface area (TPSA) is 84.1 Å². The van der Waals surface area contributed by atoms with Gasteiger partial charge in [-0.1, -0.05) is 0 Å². The predicted octanol–water partition coefficient (Wildman–Crippen LogP) is 1.34. The maximum absolute atomic E-state index is 11.7. The molecule has 114 valence electrons. The second kappa shape index (κ2) is 5.47. The van der Waals surface area contributed by atoms with E-state index in [4.69, 9.17) is 9.47 Å². The Balaban J connectivity index is 2.05. The summed E-state index contributed by atoms with van der Waals surface area (Å²) in [7, 11) is 3.44. The lowest BCUT2D eigenvalue weighted by molar-refractivity contribution is 0.0526. The van der Waals surface area contributed by atoms with E-state index < -0.39 is 5.97 Å². The fraction of sp³-hybridized carbons (Fsp3) is 0.286. The summed E-state index contributed by atoms with van der Waals surface area (Å²) in [5.41, 5.74) is 1.87. The Kier molecular flexibility index (Phi) is 3.50. The minimum atomic E-state index is -0.429. The molecule has 0 N–H and O–H groups in total. The molecule has 0 fully saturated rings. The molecule has 0 aliphatic rings. The van der Waals surface area contributed by atoms with Crippen molar-refractivity contribution in [2.45, 2.75) is 6.92 Å². The summed E-state index contributed by atoms with van der Waals surface area (Å²) in [5, 5.41) is 4.11. The second-order valence-electron chi connectivity index (χ2n) is 4.59. The van der Waals surface area contributed by atoms with E-state index in [0.717, 1.165) is 11.0 Å². The number of ether oxygens (including phenoxy) is 2. The predicted molar refractivity (Wildman–Crippen MR) is 78.1 cm³/mol. The van der Waals surface area contributed by atoms with Gasteiger partial charge in [-0.25, -0.2) is 14.5 Å². The van der Waals surface area contributed by atoms with E-state index in [0.29, 0.717) is 24.0 Å². The zero-order valence-corrected chi connectivity index (χ0v) is 12.5. The number of nitrogens with zero attached hydrogens (tertiary/aromatic N) is 5. The monoisotopic (exact) mass is 301 g/mol. The Labute approximate surface area is 126 Å². The van der Waals surface area contributed by atoms with Crippen LogP contribution >= 0.6 is 0 Å². The van der Waals surface area contributed by atoms with Gasteiger partial charge in [0.2, 0.25) is 5.88 Å². The molecule has 0 aromatic carbocycles. The second-order valence-corrected chi connectivity index (χ2v) is 4.59. The molecular weight excluding hydrogens is 286 g/mol. The molecule has 0 radical (unpaired) electrons. The van der Waals surface area contributed by atoms with E-state index >= 15 is 0 Å². The summed E-state index contributed by atoms with van der Waals surface area (Å²) >= 11 is 0. The third kappa shape index (κ3) is 2.28. The van der Waals surface area contributed by atoms with E-state index in [1.807, 2.05) is 23.9 Å². The molecule has 3 heterocycles. The normalized spacial score (nSPS) is 10.9. The van der Waals surface area contributed by atoms with Crippen LogP contribution in [0.5, 0.6) is 5.88 Å². The maximum Gasteiger partial charge on any atom is 0.341 e. The van der Waals surface area contributed by atoms with Crippen LogP contribution in [0.4, 0.5) is 0 Å². The Morgan fingerprint density at radius 2 is 2.18 bits per heavy atom. The molecule has 0 bridgehead atoms. The van der Waals surface area contributed by atoms with Crippen LogP contribution < -0.4 is 4.74 Å². The van der Waals surface area contributed by atoms with Crippen LogP contribution in [-0.4, -0.2) is 44.0 Å². The molecular formula is C14H15N5O3. The van der Waals surface area contributed by atoms with Crippen molar-refractivity contribution in [1.82, 2.24) is 24.3 Å². The van der Waals surface area contributed by atoms with Crippen LogP contribution in [0.2, 0.25) is 0 Å². The fourth-order valence-corrected chi connectivity index (χ4v) is 2.14. The number of carbonyl (C=O) groups is 1. The van der Waals surface area contributed by atoms with Crippen LogP contribution in [0.3, 0.4) is 0 Å². The molecule has 0 spiro atoms. The Morgan fingerprint density at radius 1 is 1.36 bits per heavy atom. The third-order valence-electron chi connectivity index (χ3n) is 3.17. The molecule has 8 nitrogen and oxygen atoms in total. The molecule has 0 aliphatic carbocycles. The Hall–Kier alpha value is -2.90. The number of carbonyl (C=O) groups excluding carboxylic acids is 1. The lowest BCUT2D eigenvalue weighted by Crippen LogP contribution is -2.05. The highest BCUT2D eigenvalue weighted by molar-refractivity contribution is 5.88. The zero-order chi connectivity index (χ0) is 15.7. The van der Waals surface area contributed by atoms with Crippen molar-refractivity contribution in [3.05, 3.63) is 30.2 Å². The van der Waals surface area contributed by atoms with Gasteiger partial charge >= 0.3 is 5.97 Å². The summed E-state index contributed by atoms with van der Waals surface area (Å²) in [5.74, 6) is 0.341. The molecule has 3 rings (SSSR count). The number of hydrogen-bond acceptors (Lipinski definition) is 6. The molecule has 8 heteroatoms. The standard InChI is InChI=1S/C14H15N5O3/c1-4-22-13(20)9-7-15-19(8-9)14-16-10-5-6-18(2)11(10)12(17-14)21-3/h5-8H,4H2,1-3H3. The average molecular weight is 301 g/mol. The molecule has 0 amide bonds. The van der Waals surface area contributed by atoms with Gasteiger partial charge in [0.1, 0.15) is 5.52 Å². The highest BCUT2D eigenvalue weighted by atomic mass is 16.5. The number of hydrogen-bond donors (Lipinski definition) is 0.